The molecule has 5 nitrogen and oxygen atoms in total. The molecule has 5 heteroatoms. The van der Waals surface area contributed by atoms with Crippen molar-refractivity contribution >= 4 is 22.6 Å². The number of ether oxygens (including phenoxy) is 1. The molecule has 0 spiro atoms. The first kappa shape index (κ1) is 19.4. The van der Waals surface area contributed by atoms with E-state index in [2.05, 4.69) is 0 Å². The van der Waals surface area contributed by atoms with E-state index in [1.807, 2.05) is 68.4 Å². The van der Waals surface area contributed by atoms with Crippen LogP contribution in [0.3, 0.4) is 0 Å². The molecule has 1 amide bonds. The van der Waals surface area contributed by atoms with Crippen molar-refractivity contribution in [2.75, 3.05) is 6.61 Å². The fourth-order valence-corrected chi connectivity index (χ4v) is 3.02. The summed E-state index contributed by atoms with van der Waals surface area (Å²) in [5, 5.41) is 11.8. The Labute approximate surface area is 164 Å². The molecule has 3 aromatic rings. The van der Waals surface area contributed by atoms with Crippen molar-refractivity contribution in [3.05, 3.63) is 77.9 Å². The van der Waals surface area contributed by atoms with Gasteiger partial charge in [-0.1, -0.05) is 54.6 Å². The highest BCUT2D eigenvalue weighted by Crippen LogP contribution is 2.25. The number of hydrogen-bond acceptors (Lipinski definition) is 4. The first-order valence-electron chi connectivity index (χ1n) is 9.18. The van der Waals surface area contributed by atoms with Gasteiger partial charge in [-0.3, -0.25) is 4.79 Å². The van der Waals surface area contributed by atoms with Gasteiger partial charge in [0, 0.05) is 12.6 Å². The molecule has 0 bridgehead atoms. The van der Waals surface area contributed by atoms with Crippen molar-refractivity contribution in [1.82, 2.24) is 4.90 Å². The largest absolute Gasteiger partial charge is 0.507 e. The van der Waals surface area contributed by atoms with Crippen LogP contribution in [0.1, 0.15) is 29.8 Å². The van der Waals surface area contributed by atoms with E-state index < -0.39 is 5.97 Å². The van der Waals surface area contributed by atoms with Crippen LogP contribution in [0.5, 0.6) is 5.75 Å². The summed E-state index contributed by atoms with van der Waals surface area (Å²) in [4.78, 5) is 26.7. The number of carbonyl (C=O) groups is 2. The number of aromatic hydroxyl groups is 1. The maximum absolute atomic E-state index is 12.6. The minimum atomic E-state index is -0.722. The molecule has 0 heterocycles. The van der Waals surface area contributed by atoms with Gasteiger partial charge in [0.05, 0.1) is 0 Å². The number of benzene rings is 3. The van der Waals surface area contributed by atoms with Crippen molar-refractivity contribution in [2.45, 2.75) is 26.4 Å². The summed E-state index contributed by atoms with van der Waals surface area (Å²) in [6.07, 6.45) is 0. The van der Waals surface area contributed by atoms with E-state index in [9.17, 15) is 14.7 Å². The first-order chi connectivity index (χ1) is 13.5. The Morgan fingerprint density at radius 3 is 2.21 bits per heavy atom. The first-order valence-corrected chi connectivity index (χ1v) is 9.18. The highest BCUT2D eigenvalue weighted by Gasteiger charge is 2.21. The molecule has 0 aliphatic heterocycles. The molecule has 3 aromatic carbocycles. The quantitative estimate of drug-likeness (QED) is 0.656. The zero-order chi connectivity index (χ0) is 20.1. The Bertz CT molecular complexity index is 982. The van der Waals surface area contributed by atoms with Crippen LogP contribution in [0.2, 0.25) is 0 Å². The van der Waals surface area contributed by atoms with Gasteiger partial charge in [0.2, 0.25) is 0 Å². The lowest BCUT2D eigenvalue weighted by Gasteiger charge is -2.26. The van der Waals surface area contributed by atoms with Crippen LogP contribution >= 0.6 is 0 Å². The SMILES string of the molecule is CC(C)N(Cc1ccccc1)C(=O)COC(=O)c1cc2ccccc2cc1O. The Hall–Kier alpha value is -3.34. The van der Waals surface area contributed by atoms with Gasteiger partial charge in [0.15, 0.2) is 6.61 Å². The third-order valence-electron chi connectivity index (χ3n) is 4.55. The summed E-state index contributed by atoms with van der Waals surface area (Å²) in [5.74, 6) is -1.17. The molecule has 28 heavy (non-hydrogen) atoms. The molecule has 1 N–H and O–H groups in total. The molecule has 0 aliphatic rings. The van der Waals surface area contributed by atoms with Crippen LogP contribution in [0, 0.1) is 0 Å². The van der Waals surface area contributed by atoms with Crippen LogP contribution < -0.4 is 0 Å². The Morgan fingerprint density at radius 1 is 0.964 bits per heavy atom. The van der Waals surface area contributed by atoms with E-state index in [-0.39, 0.29) is 29.9 Å². The average molecular weight is 377 g/mol. The molecule has 0 fully saturated rings. The number of phenols is 1. The molecule has 0 aromatic heterocycles. The van der Waals surface area contributed by atoms with Crippen molar-refractivity contribution in [2.24, 2.45) is 0 Å². The smallest absolute Gasteiger partial charge is 0.342 e. The molecule has 3 rings (SSSR count). The van der Waals surface area contributed by atoms with Crippen molar-refractivity contribution < 1.29 is 19.4 Å². The molecular formula is C23H23NO4. The van der Waals surface area contributed by atoms with E-state index >= 15 is 0 Å². The van der Waals surface area contributed by atoms with E-state index in [4.69, 9.17) is 4.74 Å². The zero-order valence-corrected chi connectivity index (χ0v) is 16.0. The number of fused-ring (bicyclic) bond motifs is 1. The molecule has 0 saturated heterocycles. The summed E-state index contributed by atoms with van der Waals surface area (Å²) in [6.45, 7) is 3.89. The predicted octanol–water partition coefficient (Wildman–Crippen LogP) is 4.14. The Kier molecular flexibility index (Phi) is 5.94. The highest BCUT2D eigenvalue weighted by atomic mass is 16.5. The van der Waals surface area contributed by atoms with Crippen LogP contribution in [0.25, 0.3) is 10.8 Å². The van der Waals surface area contributed by atoms with Crippen molar-refractivity contribution in [3.8, 4) is 5.75 Å². The Morgan fingerprint density at radius 2 is 1.57 bits per heavy atom. The summed E-state index contributed by atoms with van der Waals surface area (Å²) in [6, 6.07) is 20.1. The molecular weight excluding hydrogens is 354 g/mol. The lowest BCUT2D eigenvalue weighted by molar-refractivity contribution is -0.136. The minimum absolute atomic E-state index is 0.0412. The number of rotatable bonds is 6. The topological polar surface area (TPSA) is 66.8 Å². The minimum Gasteiger partial charge on any atom is -0.507 e. The summed E-state index contributed by atoms with van der Waals surface area (Å²) in [5.41, 5.74) is 1.05. The third kappa shape index (κ3) is 4.49. The van der Waals surface area contributed by atoms with Gasteiger partial charge in [-0.15, -0.1) is 0 Å². The molecule has 0 unspecified atom stereocenters. The standard InChI is InChI=1S/C23H23NO4/c1-16(2)24(14-17-8-4-3-5-9-17)22(26)15-28-23(27)20-12-18-10-6-7-11-19(18)13-21(20)25/h3-13,16,25H,14-15H2,1-2H3. The summed E-state index contributed by atoms with van der Waals surface area (Å²) >= 11 is 0. The normalized spacial score (nSPS) is 10.8. The maximum atomic E-state index is 12.6. The van der Waals surface area contributed by atoms with Gasteiger partial charge >= 0.3 is 5.97 Å². The third-order valence-corrected chi connectivity index (χ3v) is 4.55. The second kappa shape index (κ2) is 8.57. The fraction of sp³-hybridized carbons (Fsp3) is 0.217. The van der Waals surface area contributed by atoms with E-state index in [0.29, 0.717) is 6.54 Å². The van der Waals surface area contributed by atoms with Crippen LogP contribution in [0.15, 0.2) is 66.7 Å². The van der Waals surface area contributed by atoms with Crippen molar-refractivity contribution in [3.63, 3.8) is 0 Å². The molecule has 0 radical (unpaired) electrons. The summed E-state index contributed by atoms with van der Waals surface area (Å²) < 4.78 is 5.20. The Balaban J connectivity index is 1.69. The van der Waals surface area contributed by atoms with Crippen LogP contribution in [-0.2, 0) is 16.1 Å². The number of amides is 1. The average Bonchev–Trinajstić information content (AvgIpc) is 2.70. The zero-order valence-electron chi connectivity index (χ0n) is 16.0. The maximum Gasteiger partial charge on any atom is 0.342 e. The monoisotopic (exact) mass is 377 g/mol. The number of carbonyl (C=O) groups excluding carboxylic acids is 2. The van der Waals surface area contributed by atoms with Gasteiger partial charge in [-0.2, -0.15) is 0 Å². The van der Waals surface area contributed by atoms with Gasteiger partial charge in [-0.25, -0.2) is 4.79 Å². The fourth-order valence-electron chi connectivity index (χ4n) is 3.02. The lowest BCUT2D eigenvalue weighted by atomic mass is 10.1. The van der Waals surface area contributed by atoms with Crippen molar-refractivity contribution in [1.29, 1.82) is 0 Å². The van der Waals surface area contributed by atoms with Crippen LogP contribution in [-0.4, -0.2) is 34.5 Å². The number of phenolic OH excluding ortho intramolecular Hbond substituents is 1. The highest BCUT2D eigenvalue weighted by molar-refractivity contribution is 5.99. The molecule has 0 atom stereocenters. The molecule has 0 saturated carbocycles. The van der Waals surface area contributed by atoms with Crippen LogP contribution in [0.4, 0.5) is 0 Å². The van der Waals surface area contributed by atoms with Gasteiger partial charge in [-0.05, 0) is 42.3 Å². The molecule has 144 valence electrons. The number of hydrogen-bond donors (Lipinski definition) is 1. The second-order valence-corrected chi connectivity index (χ2v) is 6.89. The van der Waals surface area contributed by atoms with E-state index in [1.54, 1.807) is 11.0 Å². The second-order valence-electron chi connectivity index (χ2n) is 6.89. The van der Waals surface area contributed by atoms with E-state index in [1.165, 1.54) is 6.07 Å². The molecule has 0 aliphatic carbocycles. The number of esters is 1. The van der Waals surface area contributed by atoms with Gasteiger partial charge in [0.1, 0.15) is 11.3 Å². The summed E-state index contributed by atoms with van der Waals surface area (Å²) in [7, 11) is 0. The lowest BCUT2D eigenvalue weighted by Crippen LogP contribution is -2.39. The van der Waals surface area contributed by atoms with E-state index in [0.717, 1.165) is 16.3 Å². The predicted molar refractivity (Wildman–Crippen MR) is 108 cm³/mol. The van der Waals surface area contributed by atoms with Gasteiger partial charge < -0.3 is 14.7 Å². The van der Waals surface area contributed by atoms with Gasteiger partial charge in [0.25, 0.3) is 5.91 Å². The number of nitrogens with zero attached hydrogens (tertiary/aromatic N) is 1.